The van der Waals surface area contributed by atoms with Crippen LogP contribution in [0, 0.1) is 35.5 Å². The lowest BCUT2D eigenvalue weighted by atomic mass is 9.79. The summed E-state index contributed by atoms with van der Waals surface area (Å²) in [5, 5.41) is 34.9. The lowest BCUT2D eigenvalue weighted by Crippen LogP contribution is -2.65. The van der Waals surface area contributed by atoms with Gasteiger partial charge in [-0.2, -0.15) is 0 Å². The summed E-state index contributed by atoms with van der Waals surface area (Å²) in [4.78, 5) is 58.8. The van der Waals surface area contributed by atoms with Gasteiger partial charge in [0.2, 0.25) is 5.79 Å². The maximum absolute atomic E-state index is 14.5. The van der Waals surface area contributed by atoms with E-state index in [-0.39, 0.29) is 49.4 Å². The van der Waals surface area contributed by atoms with Crippen LogP contribution in [-0.2, 0) is 71.3 Å². The number of aliphatic hydroxyl groups excluding tert-OH is 2. The van der Waals surface area contributed by atoms with Crippen molar-refractivity contribution in [2.24, 2.45) is 35.5 Å². The van der Waals surface area contributed by atoms with Crippen LogP contribution in [0.3, 0.4) is 0 Å². The molecule has 0 radical (unpaired) electrons. The highest BCUT2D eigenvalue weighted by molar-refractivity contribution is 5.91. The molecular formula is C58H98N2O18. The van der Waals surface area contributed by atoms with Crippen molar-refractivity contribution in [2.75, 3.05) is 54.6 Å². The molecule has 20 heteroatoms. The van der Waals surface area contributed by atoms with Crippen LogP contribution >= 0.6 is 0 Å². The third-order valence-corrected chi connectivity index (χ3v) is 16.4. The van der Waals surface area contributed by atoms with E-state index >= 15 is 0 Å². The van der Waals surface area contributed by atoms with E-state index in [0.717, 1.165) is 37.9 Å². The summed E-state index contributed by atoms with van der Waals surface area (Å²) in [6.45, 7) is 22.0. The number of carbonyl (C=O) groups excluding carboxylic acids is 4. The molecule has 5 rings (SSSR count). The number of methoxy groups -OCH3 is 2. The molecule has 21 atom stereocenters. The van der Waals surface area contributed by atoms with Crippen molar-refractivity contribution in [3.05, 3.63) is 23.8 Å². The van der Waals surface area contributed by atoms with Gasteiger partial charge in [-0.3, -0.25) is 19.2 Å². The van der Waals surface area contributed by atoms with Crippen molar-refractivity contribution in [1.29, 1.82) is 0 Å². The predicted molar refractivity (Wildman–Crippen MR) is 287 cm³/mol. The van der Waals surface area contributed by atoms with Crippen LogP contribution in [0.25, 0.3) is 0 Å². The van der Waals surface area contributed by atoms with E-state index in [2.05, 4.69) is 4.90 Å². The number of aliphatic hydroxyl groups is 3. The van der Waals surface area contributed by atoms with Gasteiger partial charge in [0.25, 0.3) is 0 Å². The lowest BCUT2D eigenvalue weighted by Gasteiger charge is -2.50. The SMILES string of the molecule is CC[C@H]1OC(=O)C[C@@H](OC(C)=O)C(C)[C@@H](O[C@@H]2O[C@H](C)[C@@H](O[C@@H]3C[C@@H](C)[C@H](OC(=O)CC(C)C)[C@](C)(O)O3)[C@H](N(C)C)[C@H]2O)[C@@H](CCN2CCCCC2)C[C@@H](C)C(=O)/C=C/C(C)=C/[C@@H]1CO[C@@H]1O[C@H](C)[C@@H](O)[C@@H](OC)[C@H]1OC. The van der Waals surface area contributed by atoms with Crippen molar-refractivity contribution >= 4 is 23.7 Å². The Morgan fingerprint density at radius 3 is 2.14 bits per heavy atom. The molecule has 0 aromatic heterocycles. The van der Waals surface area contributed by atoms with Gasteiger partial charge in [0, 0.05) is 57.7 Å². The number of piperidine rings is 1. The van der Waals surface area contributed by atoms with Crippen LogP contribution in [0.4, 0.5) is 0 Å². The Balaban J connectivity index is 1.48. The summed E-state index contributed by atoms with van der Waals surface area (Å²) in [6, 6.07) is -0.747. The Labute approximate surface area is 464 Å². The molecule has 3 N–H and O–H groups in total. The summed E-state index contributed by atoms with van der Waals surface area (Å²) in [6.07, 6.45) is -2.88. The molecular weight excluding hydrogens is 1010 g/mol. The Morgan fingerprint density at radius 2 is 1.54 bits per heavy atom. The van der Waals surface area contributed by atoms with E-state index in [1.54, 1.807) is 19.1 Å². The average molecular weight is 1110 g/mol. The van der Waals surface area contributed by atoms with E-state index in [9.17, 15) is 34.5 Å². The number of ether oxygens (including phenoxy) is 11. The number of esters is 3. The van der Waals surface area contributed by atoms with Gasteiger partial charge in [0.15, 0.2) is 30.8 Å². The van der Waals surface area contributed by atoms with Gasteiger partial charge in [-0.05, 0) is 111 Å². The highest BCUT2D eigenvalue weighted by Gasteiger charge is 2.53. The van der Waals surface area contributed by atoms with Crippen molar-refractivity contribution in [1.82, 2.24) is 9.80 Å². The molecule has 5 aliphatic heterocycles. The number of allylic oxidation sites excluding steroid dienone is 3. The standard InChI is InChI=1S/C58H98N2O18/c1-16-43-41(31-70-57-54(69-15)53(68-14)49(65)37(8)71-57)27-33(4)20-21-42(62)34(5)28-40(22-25-60-23-18-17-19-24-60)51(36(7)44(73-39(10)61)30-46(64)74-43)77-56-50(66)48(59(12)13)52(38(9)72-56)76-47-29-35(6)55(58(11,67)78-47)75-45(63)26-32(2)3/h20-21,27,32,34-38,40-41,43-44,47-57,65-67H,16-19,22-26,28-31H2,1-15H3/b21-20+,33-27+/t34-,35-,36?,37-,38-,40+,41-,43-,44-,47+,48-,49-,50-,51-,52-,53-,54-,55+,56+,57-,58-/m1/s1. The molecule has 0 bridgehead atoms. The second-order valence-corrected chi connectivity index (χ2v) is 23.7. The minimum Gasteiger partial charge on any atom is -0.462 e. The first-order chi connectivity index (χ1) is 36.8. The fraction of sp³-hybridized carbons (Fsp3) is 0.862. The van der Waals surface area contributed by atoms with Crippen molar-refractivity contribution < 1.29 is 86.6 Å². The maximum atomic E-state index is 14.5. The minimum atomic E-state index is -1.88. The highest BCUT2D eigenvalue weighted by atomic mass is 16.8. The largest absolute Gasteiger partial charge is 0.462 e. The Hall–Kier alpha value is -2.96. The van der Waals surface area contributed by atoms with Crippen molar-refractivity contribution in [3.8, 4) is 0 Å². The first kappa shape index (κ1) is 65.8. The van der Waals surface area contributed by atoms with Gasteiger partial charge < -0.3 is 77.2 Å². The van der Waals surface area contributed by atoms with Crippen molar-refractivity contribution in [3.63, 3.8) is 0 Å². The Bertz CT molecular complexity index is 1960. The van der Waals surface area contributed by atoms with Gasteiger partial charge in [0.05, 0.1) is 37.4 Å². The average Bonchev–Trinajstić information content (AvgIpc) is 3.38. The molecule has 4 saturated heterocycles. The summed E-state index contributed by atoms with van der Waals surface area (Å²) in [5.41, 5.74) is 0.725. The molecule has 78 heavy (non-hydrogen) atoms. The summed E-state index contributed by atoms with van der Waals surface area (Å²) >= 11 is 0. The van der Waals surface area contributed by atoms with Crippen LogP contribution in [0.15, 0.2) is 23.8 Å². The third-order valence-electron chi connectivity index (χ3n) is 16.4. The summed E-state index contributed by atoms with van der Waals surface area (Å²) in [5.74, 6) is -6.13. The number of likely N-dealkylation sites (N-methyl/N-ethyl adjacent to an activating group) is 1. The normalized spacial score (nSPS) is 41.2. The molecule has 4 fully saturated rings. The predicted octanol–water partition coefficient (Wildman–Crippen LogP) is 5.49. The van der Waals surface area contributed by atoms with Crippen LogP contribution in [0.5, 0.6) is 0 Å². The summed E-state index contributed by atoms with van der Waals surface area (Å²) < 4.78 is 68.4. The first-order valence-electron chi connectivity index (χ1n) is 28.7. The molecule has 448 valence electrons. The second-order valence-electron chi connectivity index (χ2n) is 23.7. The van der Waals surface area contributed by atoms with Crippen LogP contribution in [0.2, 0.25) is 0 Å². The quantitative estimate of drug-likeness (QED) is 0.114. The number of likely N-dealkylation sites (tertiary alicyclic amines) is 1. The van der Waals surface area contributed by atoms with Gasteiger partial charge in [-0.25, -0.2) is 0 Å². The number of rotatable bonds is 18. The highest BCUT2D eigenvalue weighted by Crippen LogP contribution is 2.40. The fourth-order valence-corrected chi connectivity index (χ4v) is 12.1. The number of cyclic esters (lactones) is 1. The van der Waals surface area contributed by atoms with Crippen molar-refractivity contribution in [2.45, 2.75) is 232 Å². The first-order valence-corrected chi connectivity index (χ1v) is 28.7. The molecule has 0 aromatic rings. The Morgan fingerprint density at radius 1 is 0.872 bits per heavy atom. The van der Waals surface area contributed by atoms with Gasteiger partial charge in [-0.1, -0.05) is 65.7 Å². The molecule has 5 heterocycles. The molecule has 5 aliphatic rings. The van der Waals surface area contributed by atoms with Crippen LogP contribution in [0.1, 0.15) is 134 Å². The molecule has 0 saturated carbocycles. The number of nitrogens with zero attached hydrogens (tertiary/aromatic N) is 2. The molecule has 0 amide bonds. The summed E-state index contributed by atoms with van der Waals surface area (Å²) in [7, 11) is 6.58. The molecule has 0 aromatic carbocycles. The van der Waals surface area contributed by atoms with E-state index < -0.39 is 134 Å². The number of carbonyl (C=O) groups is 4. The number of hydrogen-bond acceptors (Lipinski definition) is 20. The third kappa shape index (κ3) is 18.0. The van der Waals surface area contributed by atoms with Crippen LogP contribution in [-0.4, -0.2) is 201 Å². The topological polar surface area (TPSA) is 237 Å². The van der Waals surface area contributed by atoms with Gasteiger partial charge in [0.1, 0.15) is 42.7 Å². The molecule has 20 nitrogen and oxygen atoms in total. The van der Waals surface area contributed by atoms with Gasteiger partial charge in [-0.15, -0.1) is 0 Å². The van der Waals surface area contributed by atoms with E-state index in [0.29, 0.717) is 25.8 Å². The smallest absolute Gasteiger partial charge is 0.309 e. The fourth-order valence-electron chi connectivity index (χ4n) is 12.1. The number of hydrogen-bond donors (Lipinski definition) is 3. The van der Waals surface area contributed by atoms with E-state index in [4.69, 9.17) is 52.1 Å². The maximum Gasteiger partial charge on any atom is 0.309 e. The minimum absolute atomic E-state index is 0.00473. The Kier molecular flexibility index (Phi) is 25.6. The zero-order valence-electron chi connectivity index (χ0n) is 49.4. The monoisotopic (exact) mass is 1110 g/mol. The zero-order valence-corrected chi connectivity index (χ0v) is 49.4. The lowest BCUT2D eigenvalue weighted by molar-refractivity contribution is -0.378. The molecule has 0 spiro atoms. The van der Waals surface area contributed by atoms with Crippen LogP contribution < -0.4 is 0 Å². The zero-order chi connectivity index (χ0) is 57.8. The molecule has 1 unspecified atom stereocenters. The van der Waals surface area contributed by atoms with Gasteiger partial charge >= 0.3 is 17.9 Å². The van der Waals surface area contributed by atoms with E-state index in [1.165, 1.54) is 28.1 Å². The molecule has 0 aliphatic carbocycles. The number of ketones is 1. The van der Waals surface area contributed by atoms with E-state index in [1.807, 2.05) is 80.5 Å². The second kappa shape index (κ2) is 30.4.